The molecule has 3 aromatic carbocycles. The predicted molar refractivity (Wildman–Crippen MR) is 115 cm³/mol. The molecule has 0 radical (unpaired) electrons. The van der Waals surface area contributed by atoms with Gasteiger partial charge in [-0.05, 0) is 33.4 Å². The molecule has 0 N–H and O–H groups in total. The second-order valence-electron chi connectivity index (χ2n) is 6.82. The van der Waals surface area contributed by atoms with E-state index >= 15 is 0 Å². The van der Waals surface area contributed by atoms with Gasteiger partial charge in [-0.15, -0.1) is 0 Å². The SMILES string of the molecule is C=Cc1cccc(C(C)c2ccc(C(C)c3ccccc3C=C)cc2)c1. The van der Waals surface area contributed by atoms with Crippen molar-refractivity contribution in [2.75, 3.05) is 0 Å². The van der Waals surface area contributed by atoms with E-state index < -0.39 is 0 Å². The van der Waals surface area contributed by atoms with E-state index in [0.29, 0.717) is 11.8 Å². The highest BCUT2D eigenvalue weighted by Crippen LogP contribution is 2.30. The van der Waals surface area contributed by atoms with Crippen molar-refractivity contribution < 1.29 is 0 Å². The van der Waals surface area contributed by atoms with E-state index in [4.69, 9.17) is 0 Å². The second-order valence-corrected chi connectivity index (χ2v) is 6.82. The second kappa shape index (κ2) is 8.01. The Morgan fingerprint density at radius 2 is 1.31 bits per heavy atom. The summed E-state index contributed by atoms with van der Waals surface area (Å²) in [5.74, 6) is 0.706. The molecule has 0 aliphatic heterocycles. The Kier molecular flexibility index (Phi) is 5.53. The lowest BCUT2D eigenvalue weighted by atomic mass is 9.87. The van der Waals surface area contributed by atoms with Crippen molar-refractivity contribution in [3.05, 3.63) is 119 Å². The van der Waals surface area contributed by atoms with Crippen LogP contribution < -0.4 is 0 Å². The zero-order valence-corrected chi connectivity index (χ0v) is 15.7. The van der Waals surface area contributed by atoms with Crippen LogP contribution in [0, 0.1) is 0 Å². The molecule has 0 amide bonds. The molecule has 0 aliphatic carbocycles. The molecule has 0 bridgehead atoms. The molecule has 3 aromatic rings. The Balaban J connectivity index is 1.85. The van der Waals surface area contributed by atoms with E-state index in [1.807, 2.05) is 12.2 Å². The zero-order valence-electron chi connectivity index (χ0n) is 15.7. The summed E-state index contributed by atoms with van der Waals surface area (Å²) in [7, 11) is 0. The maximum absolute atomic E-state index is 3.95. The first kappa shape index (κ1) is 17.9. The molecule has 0 saturated carbocycles. The Labute approximate surface area is 157 Å². The molecular formula is C26H26. The molecule has 0 aromatic heterocycles. The molecule has 0 heterocycles. The van der Waals surface area contributed by atoms with Gasteiger partial charge in [0.1, 0.15) is 0 Å². The minimum Gasteiger partial charge on any atom is -0.0985 e. The van der Waals surface area contributed by atoms with Crippen molar-refractivity contribution >= 4 is 12.2 Å². The van der Waals surface area contributed by atoms with Crippen LogP contribution in [0.4, 0.5) is 0 Å². The summed E-state index contributed by atoms with van der Waals surface area (Å²) in [4.78, 5) is 0. The van der Waals surface area contributed by atoms with Crippen molar-refractivity contribution in [2.45, 2.75) is 25.7 Å². The van der Waals surface area contributed by atoms with Crippen LogP contribution in [0.5, 0.6) is 0 Å². The van der Waals surface area contributed by atoms with Crippen LogP contribution >= 0.6 is 0 Å². The third kappa shape index (κ3) is 3.70. The van der Waals surface area contributed by atoms with Gasteiger partial charge in [-0.3, -0.25) is 0 Å². The Morgan fingerprint density at radius 3 is 1.96 bits per heavy atom. The van der Waals surface area contributed by atoms with E-state index in [1.54, 1.807) is 0 Å². The average molecular weight is 338 g/mol. The van der Waals surface area contributed by atoms with Crippen molar-refractivity contribution in [1.82, 2.24) is 0 Å². The van der Waals surface area contributed by atoms with Crippen LogP contribution in [0.15, 0.2) is 86.0 Å². The van der Waals surface area contributed by atoms with Crippen LogP contribution in [0.1, 0.15) is 59.1 Å². The molecule has 0 saturated heterocycles. The van der Waals surface area contributed by atoms with Gasteiger partial charge in [0.15, 0.2) is 0 Å². The van der Waals surface area contributed by atoms with Gasteiger partial charge >= 0.3 is 0 Å². The monoisotopic (exact) mass is 338 g/mol. The maximum atomic E-state index is 3.95. The molecule has 0 heteroatoms. The maximum Gasteiger partial charge on any atom is 0.00669 e. The third-order valence-corrected chi connectivity index (χ3v) is 5.27. The van der Waals surface area contributed by atoms with Gasteiger partial charge < -0.3 is 0 Å². The topological polar surface area (TPSA) is 0 Å². The Bertz CT molecular complexity index is 899. The largest absolute Gasteiger partial charge is 0.0985 e. The lowest BCUT2D eigenvalue weighted by molar-refractivity contribution is 0.897. The third-order valence-electron chi connectivity index (χ3n) is 5.27. The predicted octanol–water partition coefficient (Wildman–Crippen LogP) is 7.28. The fraction of sp³-hybridized carbons (Fsp3) is 0.154. The van der Waals surface area contributed by atoms with Crippen LogP contribution in [0.25, 0.3) is 12.2 Å². The highest BCUT2D eigenvalue weighted by molar-refractivity contribution is 5.55. The first-order valence-corrected chi connectivity index (χ1v) is 9.17. The summed E-state index contributed by atoms with van der Waals surface area (Å²) in [6.07, 6.45) is 3.84. The van der Waals surface area contributed by atoms with E-state index in [2.05, 4.69) is 99.8 Å². The van der Waals surface area contributed by atoms with Crippen LogP contribution in [-0.4, -0.2) is 0 Å². The zero-order chi connectivity index (χ0) is 18.5. The molecular weight excluding hydrogens is 312 g/mol. The lowest BCUT2D eigenvalue weighted by Crippen LogP contribution is -2.00. The van der Waals surface area contributed by atoms with Gasteiger partial charge in [0.2, 0.25) is 0 Å². The van der Waals surface area contributed by atoms with E-state index in [9.17, 15) is 0 Å². The molecule has 3 rings (SSSR count). The van der Waals surface area contributed by atoms with Gasteiger partial charge in [0, 0.05) is 11.8 Å². The fourth-order valence-electron chi connectivity index (χ4n) is 3.49. The van der Waals surface area contributed by atoms with Gasteiger partial charge in [-0.2, -0.15) is 0 Å². The first-order chi connectivity index (χ1) is 12.6. The van der Waals surface area contributed by atoms with Crippen molar-refractivity contribution in [2.24, 2.45) is 0 Å². The quantitative estimate of drug-likeness (QED) is 0.443. The summed E-state index contributed by atoms with van der Waals surface area (Å²) in [6.45, 7) is 12.3. The van der Waals surface area contributed by atoms with Gasteiger partial charge in [0.25, 0.3) is 0 Å². The number of benzene rings is 3. The molecule has 0 aliphatic rings. The number of rotatable bonds is 6. The van der Waals surface area contributed by atoms with E-state index in [-0.39, 0.29) is 0 Å². The number of hydrogen-bond acceptors (Lipinski definition) is 0. The summed E-state index contributed by atoms with van der Waals surface area (Å²) in [5.41, 5.74) is 7.68. The average Bonchev–Trinajstić information content (AvgIpc) is 2.72. The van der Waals surface area contributed by atoms with Gasteiger partial charge in [0.05, 0.1) is 0 Å². The molecule has 2 unspecified atom stereocenters. The lowest BCUT2D eigenvalue weighted by Gasteiger charge is -2.18. The van der Waals surface area contributed by atoms with Crippen molar-refractivity contribution in [3.63, 3.8) is 0 Å². The van der Waals surface area contributed by atoms with Gasteiger partial charge in [-0.25, -0.2) is 0 Å². The minimum absolute atomic E-state index is 0.345. The Morgan fingerprint density at radius 1 is 0.654 bits per heavy atom. The molecule has 2 atom stereocenters. The van der Waals surface area contributed by atoms with Gasteiger partial charge in [-0.1, -0.05) is 112 Å². The van der Waals surface area contributed by atoms with Crippen LogP contribution in [0.3, 0.4) is 0 Å². The van der Waals surface area contributed by atoms with Crippen LogP contribution in [0.2, 0.25) is 0 Å². The number of hydrogen-bond donors (Lipinski definition) is 0. The van der Waals surface area contributed by atoms with Crippen LogP contribution in [-0.2, 0) is 0 Å². The Hall–Kier alpha value is -2.86. The summed E-state index contributed by atoms with van der Waals surface area (Å²) < 4.78 is 0. The fourth-order valence-corrected chi connectivity index (χ4v) is 3.49. The summed E-state index contributed by atoms with van der Waals surface area (Å²) >= 11 is 0. The molecule has 0 spiro atoms. The molecule has 26 heavy (non-hydrogen) atoms. The first-order valence-electron chi connectivity index (χ1n) is 9.17. The van der Waals surface area contributed by atoms with Crippen molar-refractivity contribution in [3.8, 4) is 0 Å². The normalized spacial score (nSPS) is 13.0. The van der Waals surface area contributed by atoms with E-state index in [0.717, 1.165) is 0 Å². The smallest absolute Gasteiger partial charge is 0.00669 e. The standard InChI is InChI=1S/C26H26/c1-5-21-10-9-12-25(18-21)19(3)23-14-16-24(17-15-23)20(4)26-13-8-7-11-22(26)6-2/h5-20H,1-2H2,3-4H3. The summed E-state index contributed by atoms with van der Waals surface area (Å²) in [6, 6.07) is 26.1. The summed E-state index contributed by atoms with van der Waals surface area (Å²) in [5, 5.41) is 0. The molecule has 0 fully saturated rings. The van der Waals surface area contributed by atoms with E-state index in [1.165, 1.54) is 33.4 Å². The van der Waals surface area contributed by atoms with Crippen molar-refractivity contribution in [1.29, 1.82) is 0 Å². The molecule has 130 valence electrons. The highest BCUT2D eigenvalue weighted by Gasteiger charge is 2.13. The highest BCUT2D eigenvalue weighted by atomic mass is 14.2. The molecule has 0 nitrogen and oxygen atoms in total. The minimum atomic E-state index is 0.345.